The topological polar surface area (TPSA) is 105 Å². The number of amides is 2. The molecule has 1 heterocycles. The smallest absolute Gasteiger partial charge is 0.242 e. The maximum Gasteiger partial charge on any atom is 0.242 e. The third kappa shape index (κ3) is 4.68. The largest absolute Gasteiger partial charge is 0.359 e. The molecule has 0 atom stereocenters. The molecule has 2 amide bonds. The summed E-state index contributed by atoms with van der Waals surface area (Å²) in [6, 6.07) is 4.83. The normalized spacial score (nSPS) is 11.8. The molecule has 0 bridgehead atoms. The Hall–Kier alpha value is -2.46. The number of hydrogen-bond acceptors (Lipinski definition) is 5. The van der Waals surface area contributed by atoms with Crippen molar-refractivity contribution in [3.63, 3.8) is 0 Å². The lowest BCUT2D eigenvalue weighted by Crippen LogP contribution is -2.31. The van der Waals surface area contributed by atoms with Gasteiger partial charge in [0.05, 0.1) is 15.9 Å². The first kappa shape index (κ1) is 21.8. The van der Waals surface area contributed by atoms with Gasteiger partial charge in [0.25, 0.3) is 0 Å². The van der Waals surface area contributed by atoms with Gasteiger partial charge in [0, 0.05) is 61.0 Å². The second-order valence-electron chi connectivity index (χ2n) is 6.76. The van der Waals surface area contributed by atoms with E-state index in [2.05, 4.69) is 10.3 Å². The molecule has 154 valence electrons. The minimum Gasteiger partial charge on any atom is -0.359 e. The summed E-state index contributed by atoms with van der Waals surface area (Å²) in [5.41, 5.74) is 1.37. The third-order valence-corrected chi connectivity index (χ3v) is 6.48. The van der Waals surface area contributed by atoms with Crippen molar-refractivity contribution in [3.05, 3.63) is 24.0 Å². The summed E-state index contributed by atoms with van der Waals surface area (Å²) in [5, 5.41) is 2.53. The molecule has 0 fully saturated rings. The number of imidazole rings is 1. The third-order valence-electron chi connectivity index (χ3n) is 4.66. The summed E-state index contributed by atoms with van der Waals surface area (Å²) in [5.74, 6) is 0.507. The number of hydrogen-bond donors (Lipinski definition) is 1. The standard InChI is InChI=1S/C18H27N5O4S/c1-19-17(24)10-11-22(4)18(25)9-8-16-20-14-12-13(28(26,27)21(2)3)6-7-15(14)23(16)5/h6-7,12H,8-11H2,1-5H3,(H,19,24). The van der Waals surface area contributed by atoms with Crippen LogP contribution in [0.2, 0.25) is 0 Å². The molecule has 0 aliphatic rings. The number of nitrogens with one attached hydrogen (secondary N) is 1. The van der Waals surface area contributed by atoms with Gasteiger partial charge in [-0.05, 0) is 18.2 Å². The van der Waals surface area contributed by atoms with Gasteiger partial charge in [-0.3, -0.25) is 9.59 Å². The fraction of sp³-hybridized carbons (Fsp3) is 0.500. The van der Waals surface area contributed by atoms with E-state index in [4.69, 9.17) is 0 Å². The van der Waals surface area contributed by atoms with Gasteiger partial charge in [-0.15, -0.1) is 0 Å². The second-order valence-corrected chi connectivity index (χ2v) is 8.92. The summed E-state index contributed by atoms with van der Waals surface area (Å²) in [4.78, 5) is 29.8. The Morgan fingerprint density at radius 1 is 1.18 bits per heavy atom. The van der Waals surface area contributed by atoms with E-state index in [0.717, 1.165) is 9.82 Å². The molecule has 9 nitrogen and oxygen atoms in total. The number of benzene rings is 1. The molecule has 0 aliphatic carbocycles. The van der Waals surface area contributed by atoms with Crippen molar-refractivity contribution >= 4 is 32.9 Å². The minimum atomic E-state index is -3.53. The highest BCUT2D eigenvalue weighted by atomic mass is 32.2. The van der Waals surface area contributed by atoms with E-state index in [1.807, 2.05) is 11.6 Å². The molecular formula is C18H27N5O4S. The van der Waals surface area contributed by atoms with Crippen molar-refractivity contribution in [1.29, 1.82) is 0 Å². The number of aryl methyl sites for hydroxylation is 2. The van der Waals surface area contributed by atoms with Crippen LogP contribution in [0.1, 0.15) is 18.7 Å². The zero-order valence-corrected chi connectivity index (χ0v) is 17.7. The molecule has 0 spiro atoms. The molecule has 1 aromatic carbocycles. The summed E-state index contributed by atoms with van der Waals surface area (Å²) in [6.07, 6.45) is 0.933. The Balaban J connectivity index is 2.12. The van der Waals surface area contributed by atoms with E-state index in [1.54, 1.807) is 32.3 Å². The zero-order chi connectivity index (χ0) is 21.1. The van der Waals surface area contributed by atoms with E-state index in [1.165, 1.54) is 19.0 Å². The van der Waals surface area contributed by atoms with Gasteiger partial charge in [0.15, 0.2) is 0 Å². The van der Waals surface area contributed by atoms with E-state index in [-0.39, 0.29) is 29.6 Å². The second kappa shape index (κ2) is 8.70. The number of carbonyl (C=O) groups excluding carboxylic acids is 2. The number of aromatic nitrogens is 2. The minimum absolute atomic E-state index is 0.0770. The number of rotatable bonds is 8. The molecular weight excluding hydrogens is 382 g/mol. The quantitative estimate of drug-likeness (QED) is 0.677. The molecule has 2 rings (SSSR count). The van der Waals surface area contributed by atoms with Crippen LogP contribution in [0.15, 0.2) is 23.1 Å². The highest BCUT2D eigenvalue weighted by Gasteiger charge is 2.19. The van der Waals surface area contributed by atoms with E-state index < -0.39 is 10.0 Å². The van der Waals surface area contributed by atoms with Crippen molar-refractivity contribution in [1.82, 2.24) is 24.1 Å². The first-order valence-electron chi connectivity index (χ1n) is 8.90. The number of carbonyl (C=O) groups is 2. The van der Waals surface area contributed by atoms with Gasteiger partial charge in [-0.25, -0.2) is 17.7 Å². The fourth-order valence-electron chi connectivity index (χ4n) is 2.75. The molecule has 10 heteroatoms. The van der Waals surface area contributed by atoms with E-state index >= 15 is 0 Å². The van der Waals surface area contributed by atoms with Crippen LogP contribution >= 0.6 is 0 Å². The summed E-state index contributed by atoms with van der Waals surface area (Å²) < 4.78 is 27.6. The van der Waals surface area contributed by atoms with Gasteiger partial charge in [-0.2, -0.15) is 0 Å². The number of nitrogens with zero attached hydrogens (tertiary/aromatic N) is 4. The molecule has 0 saturated carbocycles. The monoisotopic (exact) mass is 409 g/mol. The number of fused-ring (bicyclic) bond motifs is 1. The van der Waals surface area contributed by atoms with Crippen molar-refractivity contribution in [2.45, 2.75) is 24.2 Å². The Morgan fingerprint density at radius 3 is 2.46 bits per heavy atom. The van der Waals surface area contributed by atoms with Crippen molar-refractivity contribution in [2.24, 2.45) is 7.05 Å². The Morgan fingerprint density at radius 2 is 1.86 bits per heavy atom. The van der Waals surface area contributed by atoms with Crippen LogP contribution in [0.5, 0.6) is 0 Å². The van der Waals surface area contributed by atoms with Crippen LogP contribution in [0.25, 0.3) is 11.0 Å². The zero-order valence-electron chi connectivity index (χ0n) is 16.9. The summed E-state index contributed by atoms with van der Waals surface area (Å²) >= 11 is 0. The summed E-state index contributed by atoms with van der Waals surface area (Å²) in [6.45, 7) is 0.354. The highest BCUT2D eigenvalue weighted by Crippen LogP contribution is 2.22. The van der Waals surface area contributed by atoms with Gasteiger partial charge in [-0.1, -0.05) is 0 Å². The molecule has 1 N–H and O–H groups in total. The molecule has 2 aromatic rings. The maximum absolute atomic E-state index is 12.3. The fourth-order valence-corrected chi connectivity index (χ4v) is 3.68. The Bertz CT molecular complexity index is 981. The summed E-state index contributed by atoms with van der Waals surface area (Å²) in [7, 11) is 4.49. The van der Waals surface area contributed by atoms with Crippen molar-refractivity contribution in [3.8, 4) is 0 Å². The first-order chi connectivity index (χ1) is 13.1. The van der Waals surface area contributed by atoms with Crippen LogP contribution in [0.4, 0.5) is 0 Å². The van der Waals surface area contributed by atoms with Crippen molar-refractivity contribution in [2.75, 3.05) is 34.7 Å². The Labute approximate surface area is 165 Å². The Kier molecular flexibility index (Phi) is 6.78. The lowest BCUT2D eigenvalue weighted by atomic mass is 10.2. The van der Waals surface area contributed by atoms with Crippen LogP contribution in [0.3, 0.4) is 0 Å². The number of sulfonamides is 1. The predicted molar refractivity (Wildman–Crippen MR) is 106 cm³/mol. The molecule has 0 unspecified atom stereocenters. The average molecular weight is 410 g/mol. The lowest BCUT2D eigenvalue weighted by Gasteiger charge is -2.16. The average Bonchev–Trinajstić information content (AvgIpc) is 2.98. The predicted octanol–water partition coefficient (Wildman–Crippen LogP) is 0.351. The van der Waals surface area contributed by atoms with Crippen LogP contribution in [-0.4, -0.2) is 73.7 Å². The van der Waals surface area contributed by atoms with Crippen LogP contribution in [-0.2, 0) is 33.1 Å². The molecule has 1 aromatic heterocycles. The first-order valence-corrected chi connectivity index (χ1v) is 10.3. The van der Waals surface area contributed by atoms with Gasteiger partial charge >= 0.3 is 0 Å². The van der Waals surface area contributed by atoms with Crippen LogP contribution in [0, 0.1) is 0 Å². The van der Waals surface area contributed by atoms with Crippen LogP contribution < -0.4 is 5.32 Å². The van der Waals surface area contributed by atoms with Gasteiger partial charge in [0.2, 0.25) is 21.8 Å². The molecule has 28 heavy (non-hydrogen) atoms. The highest BCUT2D eigenvalue weighted by molar-refractivity contribution is 7.89. The molecule has 0 aliphatic heterocycles. The van der Waals surface area contributed by atoms with Gasteiger partial charge < -0.3 is 14.8 Å². The van der Waals surface area contributed by atoms with Gasteiger partial charge in [0.1, 0.15) is 5.82 Å². The molecule has 0 saturated heterocycles. The molecule has 0 radical (unpaired) electrons. The van der Waals surface area contributed by atoms with E-state index in [0.29, 0.717) is 24.3 Å². The van der Waals surface area contributed by atoms with Crippen molar-refractivity contribution < 1.29 is 18.0 Å². The SMILES string of the molecule is CNC(=O)CCN(C)C(=O)CCc1nc2cc(S(=O)(=O)N(C)C)ccc2n1C. The van der Waals surface area contributed by atoms with E-state index in [9.17, 15) is 18.0 Å². The lowest BCUT2D eigenvalue weighted by molar-refractivity contribution is -0.130. The maximum atomic E-state index is 12.3.